The predicted molar refractivity (Wildman–Crippen MR) is 121 cm³/mol. The second-order valence-electron chi connectivity index (χ2n) is 7.16. The molecule has 2 aromatic heterocycles. The molecule has 0 aliphatic rings. The predicted octanol–water partition coefficient (Wildman–Crippen LogP) is 5.45. The molecule has 7 heteroatoms. The molecule has 4 rings (SSSR count). The van der Waals surface area contributed by atoms with Crippen LogP contribution in [0.15, 0.2) is 47.4 Å². The van der Waals surface area contributed by atoms with E-state index >= 15 is 0 Å². The second-order valence-corrected chi connectivity index (χ2v) is 9.22. The number of hydrogen-bond acceptors (Lipinski definition) is 5. The van der Waals surface area contributed by atoms with E-state index in [1.165, 1.54) is 22.9 Å². The Bertz CT molecular complexity index is 1190. The van der Waals surface area contributed by atoms with Crippen molar-refractivity contribution in [1.82, 2.24) is 14.8 Å². The molecule has 0 fully saturated rings. The third-order valence-electron chi connectivity index (χ3n) is 4.49. The van der Waals surface area contributed by atoms with Crippen LogP contribution in [-0.4, -0.2) is 26.4 Å². The summed E-state index contributed by atoms with van der Waals surface area (Å²) in [6.45, 7) is 8.12. The fraction of sp³-hybridized carbons (Fsp3) is 0.227. The van der Waals surface area contributed by atoms with E-state index in [2.05, 4.69) is 55.5 Å². The number of aromatic nitrogens is 3. The molecule has 0 spiro atoms. The standard InChI is InChI=1S/C22H22N4OS2/c1-13-5-7-17(8-6-13)28-12-20(27)23-19-11-16(4)25-26(19)22-24-21-15(3)9-14(2)10-18(21)29-22/h5-11H,12H2,1-4H3,(H,23,27). The molecule has 2 heterocycles. The first-order valence-electron chi connectivity index (χ1n) is 9.33. The van der Waals surface area contributed by atoms with Gasteiger partial charge in [-0.05, 0) is 57.0 Å². The van der Waals surface area contributed by atoms with Crippen molar-refractivity contribution in [2.75, 3.05) is 11.1 Å². The number of aryl methyl sites for hydroxylation is 4. The van der Waals surface area contributed by atoms with Crippen LogP contribution in [0.3, 0.4) is 0 Å². The average molecular weight is 423 g/mol. The van der Waals surface area contributed by atoms with Gasteiger partial charge in [-0.1, -0.05) is 35.1 Å². The van der Waals surface area contributed by atoms with Gasteiger partial charge in [0.2, 0.25) is 11.0 Å². The fourth-order valence-electron chi connectivity index (χ4n) is 3.15. The van der Waals surface area contributed by atoms with E-state index in [9.17, 15) is 4.79 Å². The first-order valence-corrected chi connectivity index (χ1v) is 11.1. The van der Waals surface area contributed by atoms with E-state index in [-0.39, 0.29) is 5.91 Å². The van der Waals surface area contributed by atoms with Gasteiger partial charge in [0.1, 0.15) is 5.82 Å². The number of fused-ring (bicyclic) bond motifs is 1. The first-order chi connectivity index (χ1) is 13.9. The van der Waals surface area contributed by atoms with Crippen molar-refractivity contribution < 1.29 is 4.79 Å². The Morgan fingerprint density at radius 2 is 1.83 bits per heavy atom. The topological polar surface area (TPSA) is 59.8 Å². The number of carbonyl (C=O) groups is 1. The number of nitrogens with zero attached hydrogens (tertiary/aromatic N) is 3. The molecule has 0 unspecified atom stereocenters. The van der Waals surface area contributed by atoms with Gasteiger partial charge < -0.3 is 5.32 Å². The van der Waals surface area contributed by atoms with Crippen LogP contribution in [0.4, 0.5) is 5.82 Å². The first kappa shape index (κ1) is 19.7. The summed E-state index contributed by atoms with van der Waals surface area (Å²) < 4.78 is 2.85. The molecule has 0 radical (unpaired) electrons. The zero-order chi connectivity index (χ0) is 20.5. The number of nitrogens with one attached hydrogen (secondary N) is 1. The fourth-order valence-corrected chi connectivity index (χ4v) is 4.95. The molecule has 29 heavy (non-hydrogen) atoms. The number of benzene rings is 2. The van der Waals surface area contributed by atoms with Crippen LogP contribution in [0.2, 0.25) is 0 Å². The van der Waals surface area contributed by atoms with Gasteiger partial charge in [-0.2, -0.15) is 9.78 Å². The van der Waals surface area contributed by atoms with Crippen LogP contribution >= 0.6 is 23.1 Å². The normalized spacial score (nSPS) is 11.2. The Hall–Kier alpha value is -2.64. The third-order valence-corrected chi connectivity index (χ3v) is 6.48. The lowest BCUT2D eigenvalue weighted by molar-refractivity contribution is -0.113. The van der Waals surface area contributed by atoms with Crippen molar-refractivity contribution in [2.24, 2.45) is 0 Å². The quantitative estimate of drug-likeness (QED) is 0.435. The minimum atomic E-state index is -0.0649. The van der Waals surface area contributed by atoms with Gasteiger partial charge in [0.25, 0.3) is 0 Å². The van der Waals surface area contributed by atoms with Gasteiger partial charge in [-0.15, -0.1) is 11.8 Å². The Morgan fingerprint density at radius 1 is 1.07 bits per heavy atom. The van der Waals surface area contributed by atoms with Crippen LogP contribution in [0.1, 0.15) is 22.4 Å². The molecular weight excluding hydrogens is 400 g/mol. The van der Waals surface area contributed by atoms with E-state index in [1.807, 2.05) is 25.1 Å². The monoisotopic (exact) mass is 422 g/mol. The van der Waals surface area contributed by atoms with E-state index < -0.39 is 0 Å². The maximum Gasteiger partial charge on any atom is 0.235 e. The summed E-state index contributed by atoms with van der Waals surface area (Å²) in [5, 5.41) is 8.29. The van der Waals surface area contributed by atoms with E-state index in [1.54, 1.807) is 16.0 Å². The molecule has 0 atom stereocenters. The zero-order valence-electron chi connectivity index (χ0n) is 16.8. The number of amides is 1. The largest absolute Gasteiger partial charge is 0.310 e. The van der Waals surface area contributed by atoms with Crippen molar-refractivity contribution >= 4 is 45.0 Å². The summed E-state index contributed by atoms with van der Waals surface area (Å²) in [6.07, 6.45) is 0. The van der Waals surface area contributed by atoms with Crippen molar-refractivity contribution in [3.63, 3.8) is 0 Å². The molecule has 5 nitrogen and oxygen atoms in total. The summed E-state index contributed by atoms with van der Waals surface area (Å²) in [4.78, 5) is 18.4. The van der Waals surface area contributed by atoms with Crippen LogP contribution in [0.25, 0.3) is 15.3 Å². The summed E-state index contributed by atoms with van der Waals surface area (Å²) >= 11 is 3.10. The second kappa shape index (κ2) is 8.00. The van der Waals surface area contributed by atoms with Gasteiger partial charge in [-0.3, -0.25) is 4.79 Å². The van der Waals surface area contributed by atoms with E-state index in [0.29, 0.717) is 11.6 Å². The van der Waals surface area contributed by atoms with Gasteiger partial charge in [0, 0.05) is 11.0 Å². The van der Waals surface area contributed by atoms with E-state index in [4.69, 9.17) is 4.98 Å². The maximum atomic E-state index is 12.5. The highest BCUT2D eigenvalue weighted by atomic mass is 32.2. The Kier molecular flexibility index (Phi) is 5.43. The summed E-state index contributed by atoms with van der Waals surface area (Å²) in [7, 11) is 0. The summed E-state index contributed by atoms with van der Waals surface area (Å²) in [5.74, 6) is 0.918. The molecule has 2 aromatic carbocycles. The van der Waals surface area contributed by atoms with Crippen LogP contribution in [0, 0.1) is 27.7 Å². The van der Waals surface area contributed by atoms with Gasteiger partial charge in [-0.25, -0.2) is 4.98 Å². The number of thiazole rings is 1. The molecule has 0 bridgehead atoms. The SMILES string of the molecule is Cc1ccc(SCC(=O)Nc2cc(C)nn2-c2nc3c(C)cc(C)cc3s2)cc1. The van der Waals surface area contributed by atoms with Crippen molar-refractivity contribution in [2.45, 2.75) is 32.6 Å². The Balaban J connectivity index is 1.54. The minimum Gasteiger partial charge on any atom is -0.310 e. The van der Waals surface area contributed by atoms with Gasteiger partial charge in [0.05, 0.1) is 21.7 Å². The van der Waals surface area contributed by atoms with Gasteiger partial charge >= 0.3 is 0 Å². The lowest BCUT2D eigenvalue weighted by Gasteiger charge is -2.06. The molecule has 0 aliphatic heterocycles. The van der Waals surface area contributed by atoms with Crippen molar-refractivity contribution in [1.29, 1.82) is 0 Å². The molecule has 1 amide bonds. The highest BCUT2D eigenvalue weighted by molar-refractivity contribution is 8.00. The molecule has 4 aromatic rings. The van der Waals surface area contributed by atoms with Crippen molar-refractivity contribution in [3.8, 4) is 5.13 Å². The lowest BCUT2D eigenvalue weighted by Crippen LogP contribution is -2.16. The minimum absolute atomic E-state index is 0.0649. The summed E-state index contributed by atoms with van der Waals surface area (Å²) in [5.41, 5.74) is 5.38. The summed E-state index contributed by atoms with van der Waals surface area (Å²) in [6, 6.07) is 14.3. The Morgan fingerprint density at radius 3 is 2.59 bits per heavy atom. The molecule has 0 saturated carbocycles. The smallest absolute Gasteiger partial charge is 0.235 e. The number of hydrogen-bond donors (Lipinski definition) is 1. The van der Waals surface area contributed by atoms with Crippen LogP contribution in [0.5, 0.6) is 0 Å². The molecule has 0 saturated heterocycles. The average Bonchev–Trinajstić information content (AvgIpc) is 3.24. The number of rotatable bonds is 5. The highest BCUT2D eigenvalue weighted by Crippen LogP contribution is 2.30. The molecule has 0 aliphatic carbocycles. The van der Waals surface area contributed by atoms with E-state index in [0.717, 1.165) is 31.5 Å². The van der Waals surface area contributed by atoms with Gasteiger partial charge in [0.15, 0.2) is 0 Å². The number of thioether (sulfide) groups is 1. The highest BCUT2D eigenvalue weighted by Gasteiger charge is 2.15. The van der Waals surface area contributed by atoms with Crippen LogP contribution < -0.4 is 5.32 Å². The Labute approximate surface area is 178 Å². The number of carbonyl (C=O) groups excluding carboxylic acids is 1. The maximum absolute atomic E-state index is 12.5. The zero-order valence-corrected chi connectivity index (χ0v) is 18.4. The number of anilines is 1. The lowest BCUT2D eigenvalue weighted by atomic mass is 10.1. The molecular formula is C22H22N4OS2. The molecule has 1 N–H and O–H groups in total. The molecule has 148 valence electrons. The van der Waals surface area contributed by atoms with Crippen molar-refractivity contribution in [3.05, 3.63) is 64.8 Å². The van der Waals surface area contributed by atoms with Crippen LogP contribution in [-0.2, 0) is 4.79 Å². The third kappa shape index (κ3) is 4.36.